The third kappa shape index (κ3) is 5.02. The third-order valence-electron chi connectivity index (χ3n) is 4.74. The van der Waals surface area contributed by atoms with Crippen molar-refractivity contribution in [3.63, 3.8) is 0 Å². The average Bonchev–Trinajstić information content (AvgIpc) is 3.50. The van der Waals surface area contributed by atoms with Crippen LogP contribution in [0.1, 0.15) is 49.0 Å². The molecule has 5 nitrogen and oxygen atoms in total. The topological polar surface area (TPSA) is 74.0 Å². The van der Waals surface area contributed by atoms with E-state index in [0.29, 0.717) is 19.3 Å². The van der Waals surface area contributed by atoms with Crippen molar-refractivity contribution in [2.75, 3.05) is 0 Å². The van der Waals surface area contributed by atoms with Gasteiger partial charge in [0.05, 0.1) is 6.04 Å². The Morgan fingerprint density at radius 1 is 1.04 bits per heavy atom. The number of nitrogens with one attached hydrogen (secondary N) is 1. The minimum absolute atomic E-state index is 0.142. The molecule has 0 saturated heterocycles. The highest BCUT2D eigenvalue weighted by molar-refractivity contribution is 5.76. The molecule has 0 fully saturated rings. The summed E-state index contributed by atoms with van der Waals surface area (Å²) in [6.07, 6.45) is 6.53. The zero-order valence-electron chi connectivity index (χ0n) is 15.1. The highest BCUT2D eigenvalue weighted by Crippen LogP contribution is 2.37. The van der Waals surface area contributed by atoms with Crippen LogP contribution in [0.2, 0.25) is 0 Å². The number of nitrogens with zero attached hydrogens (tertiary/aromatic N) is 2. The first-order valence-corrected chi connectivity index (χ1v) is 9.08. The largest absolute Gasteiger partial charge is 0.386 e. The Morgan fingerprint density at radius 2 is 1.63 bits per heavy atom. The van der Waals surface area contributed by atoms with E-state index in [4.69, 9.17) is 6.42 Å². The van der Waals surface area contributed by atoms with E-state index < -0.39 is 17.8 Å². The van der Waals surface area contributed by atoms with Crippen LogP contribution >= 0.6 is 0 Å². The van der Waals surface area contributed by atoms with Crippen LogP contribution in [0.5, 0.6) is 0 Å². The molecule has 0 spiro atoms. The van der Waals surface area contributed by atoms with Gasteiger partial charge < -0.3 is 10.4 Å². The highest BCUT2D eigenvalue weighted by Gasteiger charge is 2.39. The van der Waals surface area contributed by atoms with Crippen molar-refractivity contribution < 1.29 is 9.90 Å². The summed E-state index contributed by atoms with van der Waals surface area (Å²) in [4.78, 5) is 12.6. The van der Waals surface area contributed by atoms with Gasteiger partial charge in [-0.2, -0.15) is 10.2 Å². The lowest BCUT2D eigenvalue weighted by Gasteiger charge is -2.25. The number of carbonyl (C=O) groups is 1. The van der Waals surface area contributed by atoms with Crippen LogP contribution in [0, 0.1) is 12.3 Å². The maximum absolute atomic E-state index is 12.6. The molecule has 2 N–H and O–H groups in total. The first kappa shape index (κ1) is 18.8. The summed E-state index contributed by atoms with van der Waals surface area (Å²) in [5.41, 5.74) is 1.12. The van der Waals surface area contributed by atoms with Gasteiger partial charge in [-0.25, -0.2) is 0 Å². The van der Waals surface area contributed by atoms with Crippen LogP contribution in [0.3, 0.4) is 0 Å². The van der Waals surface area contributed by atoms with E-state index in [1.165, 1.54) is 0 Å². The molecule has 27 heavy (non-hydrogen) atoms. The summed E-state index contributed by atoms with van der Waals surface area (Å²) < 4.78 is 0. The smallest absolute Gasteiger partial charge is 0.220 e. The summed E-state index contributed by atoms with van der Waals surface area (Å²) in [5, 5.41) is 22.0. The summed E-state index contributed by atoms with van der Waals surface area (Å²) in [6.45, 7) is 0. The molecular weight excluding hydrogens is 338 g/mol. The Kier molecular flexibility index (Phi) is 6.00. The number of hydrogen-bond acceptors (Lipinski definition) is 4. The fourth-order valence-electron chi connectivity index (χ4n) is 3.08. The number of amides is 1. The summed E-state index contributed by atoms with van der Waals surface area (Å²) in [7, 11) is 0. The summed E-state index contributed by atoms with van der Waals surface area (Å²) >= 11 is 0. The van der Waals surface area contributed by atoms with Gasteiger partial charge in [-0.1, -0.05) is 60.7 Å². The van der Waals surface area contributed by atoms with E-state index in [9.17, 15) is 9.90 Å². The molecule has 3 rings (SSSR count). The molecule has 5 heteroatoms. The van der Waals surface area contributed by atoms with Gasteiger partial charge in [-0.05, 0) is 11.1 Å². The van der Waals surface area contributed by atoms with Crippen molar-refractivity contribution in [2.24, 2.45) is 10.2 Å². The third-order valence-corrected chi connectivity index (χ3v) is 4.74. The molecule has 2 atom stereocenters. The van der Waals surface area contributed by atoms with Gasteiger partial charge in [0.1, 0.15) is 6.10 Å². The first-order valence-electron chi connectivity index (χ1n) is 9.08. The Morgan fingerprint density at radius 3 is 2.19 bits per heavy atom. The maximum atomic E-state index is 12.6. The highest BCUT2D eigenvalue weighted by atomic mass is 16.3. The van der Waals surface area contributed by atoms with Gasteiger partial charge >= 0.3 is 0 Å². The lowest BCUT2D eigenvalue weighted by atomic mass is 9.95. The standard InChI is InChI=1S/C22H23N3O2/c1-2-3-15-22(24-25-22)16-14-19(26)23-20(17-10-6-4-7-11-17)21(27)18-12-8-5-9-13-18/h1,4-13,20-21,27H,3,14-16H2,(H,23,26)/t20-,21+/m0/s1. The molecule has 1 aliphatic heterocycles. The van der Waals surface area contributed by atoms with Gasteiger partial charge in [-0.3, -0.25) is 4.79 Å². The second-order valence-corrected chi connectivity index (χ2v) is 6.70. The SMILES string of the molecule is C#CCCC1(CCC(=O)N[C@@H](c2ccccc2)[C@H](O)c2ccccc2)N=N1. The van der Waals surface area contributed by atoms with Crippen molar-refractivity contribution in [3.05, 3.63) is 71.8 Å². The number of terminal acetylenes is 1. The number of aliphatic hydroxyl groups excluding tert-OH is 1. The molecule has 0 unspecified atom stereocenters. The van der Waals surface area contributed by atoms with E-state index in [2.05, 4.69) is 21.5 Å². The van der Waals surface area contributed by atoms with E-state index in [1.807, 2.05) is 60.7 Å². The molecule has 2 aromatic carbocycles. The zero-order chi connectivity index (χ0) is 19.1. The van der Waals surface area contributed by atoms with Crippen LogP contribution < -0.4 is 5.32 Å². The summed E-state index contributed by atoms with van der Waals surface area (Å²) in [6, 6.07) is 18.3. The molecule has 2 aromatic rings. The molecule has 138 valence electrons. The predicted molar refractivity (Wildman–Crippen MR) is 104 cm³/mol. The normalized spacial score (nSPS) is 16.1. The van der Waals surface area contributed by atoms with Gasteiger partial charge in [-0.15, -0.1) is 12.3 Å². The van der Waals surface area contributed by atoms with E-state index >= 15 is 0 Å². The lowest BCUT2D eigenvalue weighted by Crippen LogP contribution is -2.33. The Balaban J connectivity index is 1.67. The predicted octanol–water partition coefficient (Wildman–Crippen LogP) is 3.93. The Hall–Kier alpha value is -2.97. The van der Waals surface area contributed by atoms with Crippen molar-refractivity contribution in [2.45, 2.75) is 43.5 Å². The second-order valence-electron chi connectivity index (χ2n) is 6.70. The van der Waals surface area contributed by atoms with Crippen LogP contribution in [-0.2, 0) is 4.79 Å². The van der Waals surface area contributed by atoms with Gasteiger partial charge in [0, 0.05) is 25.7 Å². The van der Waals surface area contributed by atoms with Gasteiger partial charge in [0.15, 0.2) is 5.66 Å². The van der Waals surface area contributed by atoms with Gasteiger partial charge in [0.25, 0.3) is 0 Å². The number of hydrogen-bond donors (Lipinski definition) is 2. The quantitative estimate of drug-likeness (QED) is 0.664. The zero-order valence-corrected chi connectivity index (χ0v) is 15.1. The summed E-state index contributed by atoms with van der Waals surface area (Å²) in [5.74, 6) is 2.44. The van der Waals surface area contributed by atoms with Crippen LogP contribution in [0.25, 0.3) is 0 Å². The number of aliphatic hydroxyl groups is 1. The van der Waals surface area contributed by atoms with Crippen LogP contribution in [0.15, 0.2) is 70.9 Å². The fraction of sp³-hybridized carbons (Fsp3) is 0.318. The number of benzene rings is 2. The van der Waals surface area contributed by atoms with Crippen LogP contribution in [0.4, 0.5) is 0 Å². The number of rotatable bonds is 9. The van der Waals surface area contributed by atoms with Gasteiger partial charge in [0.2, 0.25) is 5.91 Å². The Bertz CT molecular complexity index is 822. The van der Waals surface area contributed by atoms with Crippen molar-refractivity contribution in [1.29, 1.82) is 0 Å². The Labute approximate surface area is 159 Å². The number of carbonyl (C=O) groups excluding carboxylic acids is 1. The van der Waals surface area contributed by atoms with Crippen molar-refractivity contribution >= 4 is 5.91 Å². The lowest BCUT2D eigenvalue weighted by molar-refractivity contribution is -0.123. The van der Waals surface area contributed by atoms with Crippen molar-refractivity contribution in [1.82, 2.24) is 5.32 Å². The molecule has 0 aliphatic carbocycles. The van der Waals surface area contributed by atoms with Crippen LogP contribution in [-0.4, -0.2) is 16.7 Å². The fourth-order valence-corrected chi connectivity index (χ4v) is 3.08. The molecule has 1 amide bonds. The molecular formula is C22H23N3O2. The maximum Gasteiger partial charge on any atom is 0.220 e. The second kappa shape index (κ2) is 8.61. The molecule has 0 aromatic heterocycles. The average molecular weight is 361 g/mol. The van der Waals surface area contributed by atoms with E-state index in [-0.39, 0.29) is 12.3 Å². The van der Waals surface area contributed by atoms with E-state index in [1.54, 1.807) is 0 Å². The molecule has 1 aliphatic rings. The molecule has 0 bridgehead atoms. The minimum Gasteiger partial charge on any atom is -0.386 e. The molecule has 0 radical (unpaired) electrons. The minimum atomic E-state index is -0.844. The molecule has 1 heterocycles. The molecule has 0 saturated carbocycles. The van der Waals surface area contributed by atoms with Crippen molar-refractivity contribution in [3.8, 4) is 12.3 Å². The van der Waals surface area contributed by atoms with E-state index in [0.717, 1.165) is 11.1 Å². The monoisotopic (exact) mass is 361 g/mol. The first-order chi connectivity index (χ1) is 13.1.